The summed E-state index contributed by atoms with van der Waals surface area (Å²) in [5, 5.41) is 11.9. The Balaban J connectivity index is 2.50. The van der Waals surface area contributed by atoms with Crippen molar-refractivity contribution in [2.24, 2.45) is 0 Å². The molecule has 106 valence electrons. The highest BCUT2D eigenvalue weighted by atomic mass is 16.6. The van der Waals surface area contributed by atoms with E-state index >= 15 is 0 Å². The summed E-state index contributed by atoms with van der Waals surface area (Å²) in [6.07, 6.45) is -0.242. The molecule has 1 aromatic rings. The number of alkyl carbamates (subject to hydrolysis) is 1. The van der Waals surface area contributed by atoms with Crippen molar-refractivity contribution in [1.29, 1.82) is 0 Å². The number of H-pyrrole nitrogens is 1. The number of nitrogens with one attached hydrogen (secondary N) is 2. The lowest BCUT2D eigenvalue weighted by molar-refractivity contribution is 0.0528. The van der Waals surface area contributed by atoms with Crippen LogP contribution in [0.15, 0.2) is 4.79 Å². The van der Waals surface area contributed by atoms with Crippen molar-refractivity contribution in [3.8, 4) is 5.88 Å². The van der Waals surface area contributed by atoms with Gasteiger partial charge in [-0.15, -0.1) is 0 Å². The van der Waals surface area contributed by atoms with E-state index in [-0.39, 0.29) is 23.5 Å². The molecule has 0 atom stereocenters. The quantitative estimate of drug-likeness (QED) is 0.754. The zero-order valence-electron chi connectivity index (χ0n) is 11.5. The first kappa shape index (κ1) is 15.0. The number of rotatable bonds is 3. The average molecular weight is 269 g/mol. The van der Waals surface area contributed by atoms with Crippen LogP contribution >= 0.6 is 0 Å². The average Bonchev–Trinajstić information content (AvgIpc) is 2.23. The Morgan fingerprint density at radius 1 is 1.47 bits per heavy atom. The third-order valence-corrected chi connectivity index (χ3v) is 2.20. The Bertz CT molecular complexity index is 517. The van der Waals surface area contributed by atoms with Gasteiger partial charge in [0, 0.05) is 13.0 Å². The van der Waals surface area contributed by atoms with Crippen LogP contribution in [0, 0.1) is 6.92 Å². The Morgan fingerprint density at radius 2 is 2.11 bits per heavy atom. The molecule has 0 fully saturated rings. The number of hydrogen-bond donors (Lipinski definition) is 3. The number of nitrogens with zero attached hydrogens (tertiary/aromatic N) is 1. The predicted octanol–water partition coefficient (Wildman–Crippen LogP) is 0.851. The number of carbonyl (C=O) groups excluding carboxylic acids is 1. The maximum Gasteiger partial charge on any atom is 0.407 e. The molecule has 1 rings (SSSR count). The molecule has 0 saturated carbocycles. The highest BCUT2D eigenvalue weighted by Gasteiger charge is 2.15. The molecule has 1 heterocycles. The zero-order chi connectivity index (χ0) is 14.6. The van der Waals surface area contributed by atoms with Crippen LogP contribution in [0.5, 0.6) is 5.88 Å². The zero-order valence-corrected chi connectivity index (χ0v) is 11.5. The summed E-state index contributed by atoms with van der Waals surface area (Å²) < 4.78 is 5.05. The van der Waals surface area contributed by atoms with E-state index in [2.05, 4.69) is 15.3 Å². The topological polar surface area (TPSA) is 104 Å². The minimum atomic E-state index is -0.557. The number of aromatic nitrogens is 2. The van der Waals surface area contributed by atoms with E-state index in [1.54, 1.807) is 20.8 Å². The molecule has 1 amide bonds. The Morgan fingerprint density at radius 3 is 2.63 bits per heavy atom. The molecule has 0 aliphatic heterocycles. The van der Waals surface area contributed by atoms with Gasteiger partial charge in [0.1, 0.15) is 11.4 Å². The van der Waals surface area contributed by atoms with E-state index in [0.717, 1.165) is 0 Å². The lowest BCUT2D eigenvalue weighted by atomic mass is 10.2. The first-order valence-electron chi connectivity index (χ1n) is 5.94. The van der Waals surface area contributed by atoms with Crippen molar-refractivity contribution in [2.45, 2.75) is 39.7 Å². The Labute approximate surface area is 111 Å². The number of amides is 1. The third-order valence-electron chi connectivity index (χ3n) is 2.20. The fraction of sp³-hybridized carbons (Fsp3) is 0.583. The summed E-state index contributed by atoms with van der Waals surface area (Å²) in [6.45, 7) is 7.03. The summed E-state index contributed by atoms with van der Waals surface area (Å²) >= 11 is 0. The first-order chi connectivity index (χ1) is 8.69. The van der Waals surface area contributed by atoms with Gasteiger partial charge in [0.2, 0.25) is 5.88 Å². The van der Waals surface area contributed by atoms with Gasteiger partial charge >= 0.3 is 6.09 Å². The van der Waals surface area contributed by atoms with Gasteiger partial charge in [0.15, 0.2) is 0 Å². The van der Waals surface area contributed by atoms with Gasteiger partial charge in [-0.1, -0.05) is 0 Å². The van der Waals surface area contributed by atoms with Gasteiger partial charge < -0.3 is 20.1 Å². The second-order valence-corrected chi connectivity index (χ2v) is 5.14. The van der Waals surface area contributed by atoms with Crippen LogP contribution in [-0.2, 0) is 11.2 Å². The molecule has 0 radical (unpaired) electrons. The molecule has 0 aromatic carbocycles. The Kier molecular flexibility index (Phi) is 4.52. The van der Waals surface area contributed by atoms with Crippen LogP contribution in [0.2, 0.25) is 0 Å². The van der Waals surface area contributed by atoms with Crippen molar-refractivity contribution in [3.63, 3.8) is 0 Å². The van der Waals surface area contributed by atoms with E-state index in [4.69, 9.17) is 4.74 Å². The number of carbonyl (C=O) groups is 1. The van der Waals surface area contributed by atoms with Crippen LogP contribution in [-0.4, -0.2) is 33.3 Å². The van der Waals surface area contributed by atoms with Crippen molar-refractivity contribution in [2.75, 3.05) is 6.54 Å². The predicted molar refractivity (Wildman–Crippen MR) is 69.2 cm³/mol. The highest BCUT2D eigenvalue weighted by molar-refractivity contribution is 5.67. The normalized spacial score (nSPS) is 11.2. The van der Waals surface area contributed by atoms with E-state index in [9.17, 15) is 14.7 Å². The molecular weight excluding hydrogens is 250 g/mol. The summed E-state index contributed by atoms with van der Waals surface area (Å²) in [5.74, 6) is 0.0141. The molecule has 19 heavy (non-hydrogen) atoms. The summed E-state index contributed by atoms with van der Waals surface area (Å²) in [6, 6.07) is 0. The minimum absolute atomic E-state index is 0.170. The second kappa shape index (κ2) is 5.73. The molecule has 7 heteroatoms. The Hall–Kier alpha value is -2.05. The monoisotopic (exact) mass is 269 g/mol. The van der Waals surface area contributed by atoms with Gasteiger partial charge in [-0.2, -0.15) is 0 Å². The number of aromatic hydroxyl groups is 1. The summed E-state index contributed by atoms with van der Waals surface area (Å²) in [5.41, 5.74) is -0.776. The molecule has 0 bridgehead atoms. The highest BCUT2D eigenvalue weighted by Crippen LogP contribution is 2.07. The standard InChI is InChI=1S/C12H19N3O4/c1-7-9(16)14-8(15-10(7)17)5-6-13-11(18)19-12(2,3)4/h5-6H2,1-4H3,(H,13,18)(H2,14,15,16,17). The molecule has 0 aliphatic rings. The summed E-state index contributed by atoms with van der Waals surface area (Å²) in [4.78, 5) is 29.1. The smallest absolute Gasteiger partial charge is 0.407 e. The van der Waals surface area contributed by atoms with Crippen LogP contribution in [0.1, 0.15) is 32.2 Å². The SMILES string of the molecule is Cc1c(O)nc(CCNC(=O)OC(C)(C)C)[nH]c1=O. The third kappa shape index (κ3) is 4.99. The van der Waals surface area contributed by atoms with Gasteiger partial charge in [0.25, 0.3) is 5.56 Å². The molecular formula is C12H19N3O4. The number of hydrogen-bond acceptors (Lipinski definition) is 5. The first-order valence-corrected chi connectivity index (χ1v) is 5.94. The van der Waals surface area contributed by atoms with Gasteiger partial charge in [0.05, 0.1) is 5.56 Å². The van der Waals surface area contributed by atoms with Crippen molar-refractivity contribution in [1.82, 2.24) is 15.3 Å². The molecule has 1 aromatic heterocycles. The summed E-state index contributed by atoms with van der Waals surface area (Å²) in [7, 11) is 0. The van der Waals surface area contributed by atoms with E-state index in [1.807, 2.05) is 0 Å². The molecule has 0 saturated heterocycles. The number of aromatic amines is 1. The van der Waals surface area contributed by atoms with Crippen LogP contribution in [0.3, 0.4) is 0 Å². The van der Waals surface area contributed by atoms with Crippen LogP contribution in [0.25, 0.3) is 0 Å². The lowest BCUT2D eigenvalue weighted by Gasteiger charge is -2.19. The van der Waals surface area contributed by atoms with Crippen molar-refractivity contribution in [3.05, 3.63) is 21.7 Å². The lowest BCUT2D eigenvalue weighted by Crippen LogP contribution is -2.33. The fourth-order valence-corrected chi connectivity index (χ4v) is 1.28. The molecule has 0 unspecified atom stereocenters. The fourth-order valence-electron chi connectivity index (χ4n) is 1.28. The molecule has 0 spiro atoms. The molecule has 0 aliphatic carbocycles. The van der Waals surface area contributed by atoms with Gasteiger partial charge in [-0.05, 0) is 27.7 Å². The number of ether oxygens (including phenoxy) is 1. The minimum Gasteiger partial charge on any atom is -0.493 e. The molecule has 3 N–H and O–H groups in total. The van der Waals surface area contributed by atoms with E-state index in [0.29, 0.717) is 12.2 Å². The van der Waals surface area contributed by atoms with E-state index in [1.165, 1.54) is 6.92 Å². The van der Waals surface area contributed by atoms with Crippen LogP contribution < -0.4 is 10.9 Å². The van der Waals surface area contributed by atoms with E-state index < -0.39 is 11.7 Å². The largest absolute Gasteiger partial charge is 0.493 e. The second-order valence-electron chi connectivity index (χ2n) is 5.14. The maximum atomic E-state index is 11.4. The van der Waals surface area contributed by atoms with Crippen molar-refractivity contribution >= 4 is 6.09 Å². The van der Waals surface area contributed by atoms with Gasteiger partial charge in [-0.3, -0.25) is 4.79 Å². The maximum absolute atomic E-state index is 11.4. The van der Waals surface area contributed by atoms with Crippen LogP contribution in [0.4, 0.5) is 4.79 Å². The molecule has 7 nitrogen and oxygen atoms in total. The van der Waals surface area contributed by atoms with Crippen molar-refractivity contribution < 1.29 is 14.6 Å². The van der Waals surface area contributed by atoms with Gasteiger partial charge in [-0.25, -0.2) is 9.78 Å².